The van der Waals surface area contributed by atoms with Gasteiger partial charge in [-0.15, -0.1) is 5.10 Å². The number of nitrogens with zero attached hydrogens (tertiary/aromatic N) is 4. The summed E-state index contributed by atoms with van der Waals surface area (Å²) in [4.78, 5) is 14.0. The predicted octanol–water partition coefficient (Wildman–Crippen LogP) is 7.63. The van der Waals surface area contributed by atoms with Gasteiger partial charge in [-0.2, -0.15) is 9.40 Å². The Labute approximate surface area is 376 Å². The second-order valence-electron chi connectivity index (χ2n) is 15.7. The Morgan fingerprint density at radius 3 is 2.22 bits per heavy atom. The van der Waals surface area contributed by atoms with E-state index < -0.39 is 28.3 Å². The molecule has 8 rings (SSSR count). The number of ether oxygens (including phenoxy) is 2. The quantitative estimate of drug-likeness (QED) is 0.0702. The molecule has 0 unspecified atom stereocenters. The Kier molecular flexibility index (Phi) is 13.9. The maximum absolute atomic E-state index is 13.9. The van der Waals surface area contributed by atoms with Crippen molar-refractivity contribution in [3.63, 3.8) is 0 Å². The second kappa shape index (κ2) is 20.1. The maximum atomic E-state index is 13.9. The Bertz CT molecular complexity index is 2760. The van der Waals surface area contributed by atoms with Crippen molar-refractivity contribution in [2.75, 3.05) is 5.75 Å². The van der Waals surface area contributed by atoms with Crippen molar-refractivity contribution < 1.29 is 32.9 Å². The number of amides is 1. The van der Waals surface area contributed by atoms with Crippen molar-refractivity contribution in [3.8, 4) is 22.6 Å². The number of aryl methyl sites for hydroxylation is 1. The fourth-order valence-corrected chi connectivity index (χ4v) is 9.83. The maximum Gasteiger partial charge on any atom is 0.241 e. The Morgan fingerprint density at radius 1 is 0.812 bits per heavy atom. The molecular weight excluding hydrogens is 849 g/mol. The van der Waals surface area contributed by atoms with Crippen molar-refractivity contribution in [2.24, 2.45) is 5.92 Å². The van der Waals surface area contributed by atoms with E-state index in [2.05, 4.69) is 32.5 Å². The molecule has 7 aromatic rings. The third-order valence-electron chi connectivity index (χ3n) is 11.2. The third kappa shape index (κ3) is 10.6. The van der Waals surface area contributed by atoms with Gasteiger partial charge in [0.05, 0.1) is 29.4 Å². The van der Waals surface area contributed by atoms with Crippen LogP contribution in [0.5, 0.6) is 5.75 Å². The molecule has 6 aromatic carbocycles. The van der Waals surface area contributed by atoms with Crippen LogP contribution in [0.15, 0.2) is 162 Å². The molecule has 0 aliphatic carbocycles. The van der Waals surface area contributed by atoms with Crippen LogP contribution < -0.4 is 10.0 Å². The highest BCUT2D eigenvalue weighted by atomic mass is 32.2. The van der Waals surface area contributed by atoms with Crippen LogP contribution in [0.3, 0.4) is 0 Å². The predicted molar refractivity (Wildman–Crippen MR) is 244 cm³/mol. The summed E-state index contributed by atoms with van der Waals surface area (Å²) in [5.41, 5.74) is 7.69. The summed E-state index contributed by atoms with van der Waals surface area (Å²) in [5, 5.41) is 35.4. The van der Waals surface area contributed by atoms with Crippen molar-refractivity contribution in [2.45, 2.75) is 68.0 Å². The van der Waals surface area contributed by atoms with Crippen LogP contribution in [0.2, 0.25) is 0 Å². The van der Waals surface area contributed by atoms with Gasteiger partial charge in [0.25, 0.3) is 0 Å². The Balaban J connectivity index is 0.994. The highest BCUT2D eigenvalue weighted by molar-refractivity contribution is 7.99. The molecule has 1 aliphatic heterocycles. The molecule has 1 fully saturated rings. The van der Waals surface area contributed by atoms with Crippen molar-refractivity contribution in [1.82, 2.24) is 30.2 Å². The molecule has 64 heavy (non-hydrogen) atoms. The summed E-state index contributed by atoms with van der Waals surface area (Å²) >= 11 is 1.46. The van der Waals surface area contributed by atoms with Crippen LogP contribution >= 0.6 is 11.8 Å². The van der Waals surface area contributed by atoms with Gasteiger partial charge >= 0.3 is 0 Å². The van der Waals surface area contributed by atoms with Crippen LogP contribution in [0.4, 0.5) is 0 Å². The number of tetrazole rings is 1. The highest BCUT2D eigenvalue weighted by Crippen LogP contribution is 2.43. The number of aromatic nitrogens is 4. The van der Waals surface area contributed by atoms with Crippen LogP contribution in [0, 0.1) is 12.8 Å². The lowest BCUT2D eigenvalue weighted by atomic mass is 9.91. The van der Waals surface area contributed by atoms with E-state index in [9.17, 15) is 23.4 Å². The fourth-order valence-electron chi connectivity index (χ4n) is 7.58. The smallest absolute Gasteiger partial charge is 0.241 e. The normalized spacial score (nSPS) is 18.0. The summed E-state index contributed by atoms with van der Waals surface area (Å²) in [5.74, 6) is 0.137. The van der Waals surface area contributed by atoms with E-state index in [-0.39, 0.29) is 48.3 Å². The fraction of sp³-hybridized carbons (Fsp3) is 0.224. The molecule has 13 nitrogen and oxygen atoms in total. The van der Waals surface area contributed by atoms with Crippen LogP contribution in [-0.4, -0.2) is 62.6 Å². The average Bonchev–Trinajstić information content (AvgIpc) is 3.80. The standard InChI is InChI=1S/C49H48N6O7S2/c1-32-12-26-42(27-13-32)64(59,60)52-44(28-34-8-4-3-5-9-34)47(58)50-29-39-10-6-7-11-43(39)36-18-20-38(21-19-36)48-61-45(33(2)46(62-48)37-16-14-35(30-56)15-17-37)31-63-49-51-53-54-55(49)40-22-24-41(57)25-23-40/h3-27,33,44-46,48,52,56-57H,28-31H2,1-2H3,(H,50,58)/t33-,44+,45+,46+,48+/m0/s1. The number of rotatable bonds is 16. The summed E-state index contributed by atoms with van der Waals surface area (Å²) in [6.07, 6.45) is -1.17. The largest absolute Gasteiger partial charge is 0.508 e. The average molecular weight is 897 g/mol. The topological polar surface area (TPSA) is 178 Å². The zero-order valence-corrected chi connectivity index (χ0v) is 36.8. The number of sulfonamides is 1. The molecule has 0 saturated carbocycles. The van der Waals surface area contributed by atoms with Crippen LogP contribution in [-0.2, 0) is 43.9 Å². The van der Waals surface area contributed by atoms with E-state index in [0.29, 0.717) is 16.6 Å². The van der Waals surface area contributed by atoms with E-state index in [4.69, 9.17) is 9.47 Å². The third-order valence-corrected chi connectivity index (χ3v) is 13.7. The monoisotopic (exact) mass is 896 g/mol. The number of hydrogen-bond donors (Lipinski definition) is 4. The number of hydrogen-bond acceptors (Lipinski definition) is 11. The van der Waals surface area contributed by atoms with Gasteiger partial charge in [0.2, 0.25) is 21.1 Å². The minimum absolute atomic E-state index is 0.0607. The Morgan fingerprint density at radius 2 is 1.50 bits per heavy atom. The minimum atomic E-state index is -4.00. The molecule has 328 valence electrons. The summed E-state index contributed by atoms with van der Waals surface area (Å²) in [6, 6.07) is 44.9. The van der Waals surface area contributed by atoms with Gasteiger partial charge < -0.3 is 25.0 Å². The van der Waals surface area contributed by atoms with Gasteiger partial charge in [-0.1, -0.05) is 140 Å². The highest BCUT2D eigenvalue weighted by Gasteiger charge is 2.39. The van der Waals surface area contributed by atoms with Gasteiger partial charge in [-0.05, 0) is 93.6 Å². The lowest BCUT2D eigenvalue weighted by molar-refractivity contribution is -0.268. The molecule has 0 radical (unpaired) electrons. The molecule has 1 aliphatic rings. The Hall–Kier alpha value is -6.20. The van der Waals surface area contributed by atoms with Crippen LogP contribution in [0.25, 0.3) is 16.8 Å². The summed E-state index contributed by atoms with van der Waals surface area (Å²) in [7, 11) is -4.00. The van der Waals surface area contributed by atoms with E-state index in [1.165, 1.54) is 23.9 Å². The SMILES string of the molecule is Cc1ccc(S(=O)(=O)N[C@H](Cc2ccccc2)C(=O)NCc2ccccc2-c2ccc([C@@H]3O[C@H](CSc4nnnn4-c4ccc(O)cc4)[C@H](C)[C@H](c4ccc(CO)cc4)O3)cc2)cc1. The molecule has 5 atom stereocenters. The molecular formula is C49H48N6O7S2. The first-order chi connectivity index (χ1) is 31.0. The molecule has 0 spiro atoms. The molecule has 2 heterocycles. The first-order valence-electron chi connectivity index (χ1n) is 20.8. The number of carbonyl (C=O) groups excluding carboxylic acids is 1. The second-order valence-corrected chi connectivity index (χ2v) is 18.4. The van der Waals surface area contributed by atoms with Gasteiger partial charge in [0, 0.05) is 23.8 Å². The molecule has 1 aromatic heterocycles. The van der Waals surface area contributed by atoms with Gasteiger partial charge in [0.15, 0.2) is 6.29 Å². The molecule has 1 saturated heterocycles. The summed E-state index contributed by atoms with van der Waals surface area (Å²) in [6.45, 7) is 4.07. The first-order valence-corrected chi connectivity index (χ1v) is 23.3. The number of carbonyl (C=O) groups is 1. The molecule has 1 amide bonds. The van der Waals surface area contributed by atoms with Gasteiger partial charge in [0.1, 0.15) is 11.8 Å². The van der Waals surface area contributed by atoms with Crippen molar-refractivity contribution in [1.29, 1.82) is 0 Å². The number of benzene rings is 6. The van der Waals surface area contributed by atoms with E-state index in [0.717, 1.165) is 44.5 Å². The van der Waals surface area contributed by atoms with Gasteiger partial charge in [-0.3, -0.25) is 4.79 Å². The zero-order valence-electron chi connectivity index (χ0n) is 35.2. The number of nitrogens with one attached hydrogen (secondary N) is 2. The minimum Gasteiger partial charge on any atom is -0.508 e. The van der Waals surface area contributed by atoms with E-state index in [1.807, 2.05) is 110 Å². The zero-order chi connectivity index (χ0) is 44.6. The van der Waals surface area contributed by atoms with Crippen molar-refractivity contribution in [3.05, 3.63) is 185 Å². The van der Waals surface area contributed by atoms with Crippen LogP contribution in [0.1, 0.15) is 52.7 Å². The lowest BCUT2D eigenvalue weighted by Gasteiger charge is -2.41. The van der Waals surface area contributed by atoms with Gasteiger partial charge in [-0.25, -0.2) is 8.42 Å². The van der Waals surface area contributed by atoms with Crippen molar-refractivity contribution >= 4 is 27.7 Å². The lowest BCUT2D eigenvalue weighted by Crippen LogP contribution is -2.47. The van der Waals surface area contributed by atoms with E-state index in [1.54, 1.807) is 41.1 Å². The molecule has 0 bridgehead atoms. The summed E-state index contributed by atoms with van der Waals surface area (Å²) < 4.78 is 44.7. The first kappa shape index (κ1) is 44.4. The number of phenols is 1. The number of phenolic OH excluding ortho intramolecular Hbond substituents is 1. The number of aromatic hydroxyl groups is 1. The number of aliphatic hydroxyl groups excluding tert-OH is 1. The number of aliphatic hydroxyl groups is 1. The number of thioether (sulfide) groups is 1. The molecule has 4 N–H and O–H groups in total. The molecule has 15 heteroatoms. The van der Waals surface area contributed by atoms with E-state index >= 15 is 0 Å².